The number of nitrogens with zero attached hydrogens (tertiary/aromatic N) is 4. The highest BCUT2D eigenvalue weighted by atomic mass is 16.1. The van der Waals surface area contributed by atoms with E-state index in [1.54, 1.807) is 10.5 Å². The van der Waals surface area contributed by atoms with E-state index in [2.05, 4.69) is 47.2 Å². The Morgan fingerprint density at radius 1 is 1.07 bits per heavy atom. The molecule has 0 N–H and O–H groups in total. The first-order valence-electron chi connectivity index (χ1n) is 9.60. The Balaban J connectivity index is 1.43. The molecule has 0 unspecified atom stereocenters. The third-order valence-electron chi connectivity index (χ3n) is 5.55. The number of piperidine rings is 1. The fourth-order valence-corrected chi connectivity index (χ4v) is 4.03. The number of fused-ring (bicyclic) bond motifs is 1. The molecule has 0 amide bonds. The second kappa shape index (κ2) is 7.53. The molecule has 4 rings (SSSR count). The highest BCUT2D eigenvalue weighted by Gasteiger charge is 2.23. The summed E-state index contributed by atoms with van der Waals surface area (Å²) in [6.07, 6.45) is 2.24. The van der Waals surface area contributed by atoms with Crippen molar-refractivity contribution in [3.63, 3.8) is 0 Å². The van der Waals surface area contributed by atoms with Crippen LogP contribution in [0, 0.1) is 6.92 Å². The molecule has 1 aromatic carbocycles. The van der Waals surface area contributed by atoms with Gasteiger partial charge in [0.2, 0.25) is 0 Å². The van der Waals surface area contributed by atoms with E-state index < -0.39 is 0 Å². The molecular formula is C22H26N4O. The summed E-state index contributed by atoms with van der Waals surface area (Å²) in [6, 6.07) is 18.6. The Hall–Kier alpha value is -2.66. The molecule has 3 aromatic rings. The largest absolute Gasteiger partial charge is 0.371 e. The zero-order valence-corrected chi connectivity index (χ0v) is 16.0. The van der Waals surface area contributed by atoms with Crippen molar-refractivity contribution in [2.24, 2.45) is 0 Å². The highest BCUT2D eigenvalue weighted by molar-refractivity contribution is 5.46. The van der Waals surface area contributed by atoms with Gasteiger partial charge in [-0.3, -0.25) is 14.1 Å². The van der Waals surface area contributed by atoms with E-state index in [9.17, 15) is 4.79 Å². The quantitative estimate of drug-likeness (QED) is 0.715. The van der Waals surface area contributed by atoms with Crippen molar-refractivity contribution in [2.45, 2.75) is 32.4 Å². The minimum Gasteiger partial charge on any atom is -0.371 e. The van der Waals surface area contributed by atoms with Gasteiger partial charge in [-0.15, -0.1) is 0 Å². The summed E-state index contributed by atoms with van der Waals surface area (Å²) in [6.45, 7) is 4.76. The molecule has 0 saturated carbocycles. The van der Waals surface area contributed by atoms with Gasteiger partial charge in [-0.25, -0.2) is 4.98 Å². The molecule has 0 bridgehead atoms. The molecule has 1 saturated heterocycles. The van der Waals surface area contributed by atoms with Gasteiger partial charge in [-0.1, -0.05) is 24.3 Å². The Kier molecular flexibility index (Phi) is 4.94. The van der Waals surface area contributed by atoms with Gasteiger partial charge in [0.15, 0.2) is 0 Å². The second-order valence-corrected chi connectivity index (χ2v) is 7.42. The van der Waals surface area contributed by atoms with Gasteiger partial charge in [0.05, 0.1) is 5.69 Å². The molecule has 27 heavy (non-hydrogen) atoms. The van der Waals surface area contributed by atoms with Crippen molar-refractivity contribution in [3.8, 4) is 0 Å². The van der Waals surface area contributed by atoms with Crippen molar-refractivity contribution in [1.29, 1.82) is 0 Å². The van der Waals surface area contributed by atoms with Crippen LogP contribution in [-0.4, -0.2) is 40.5 Å². The Bertz CT molecular complexity index is 975. The lowest BCUT2D eigenvalue weighted by atomic mass is 10.0. The molecule has 1 aliphatic rings. The lowest BCUT2D eigenvalue weighted by Gasteiger charge is -2.37. The van der Waals surface area contributed by atoms with Crippen LogP contribution in [0.4, 0.5) is 5.69 Å². The number of rotatable bonds is 4. The Labute approximate surface area is 159 Å². The number of para-hydroxylation sites is 1. The van der Waals surface area contributed by atoms with E-state index in [-0.39, 0.29) is 5.56 Å². The molecule has 5 nitrogen and oxygen atoms in total. The molecular weight excluding hydrogens is 336 g/mol. The predicted molar refractivity (Wildman–Crippen MR) is 109 cm³/mol. The SMILES string of the molecule is Cc1cccc2nc(CN(C)C3CCN(c4ccccc4)CC3)cc(=O)n12. The normalized spacial score (nSPS) is 15.6. The molecule has 0 atom stereocenters. The van der Waals surface area contributed by atoms with Crippen molar-refractivity contribution in [2.75, 3.05) is 25.0 Å². The monoisotopic (exact) mass is 362 g/mol. The average molecular weight is 362 g/mol. The summed E-state index contributed by atoms with van der Waals surface area (Å²) in [5.41, 5.74) is 3.79. The Morgan fingerprint density at radius 2 is 1.81 bits per heavy atom. The van der Waals surface area contributed by atoms with Gasteiger partial charge in [0.25, 0.3) is 5.56 Å². The number of aryl methyl sites for hydroxylation is 1. The van der Waals surface area contributed by atoms with E-state index in [1.165, 1.54) is 5.69 Å². The van der Waals surface area contributed by atoms with Gasteiger partial charge < -0.3 is 4.90 Å². The van der Waals surface area contributed by atoms with E-state index in [1.807, 2.05) is 25.1 Å². The molecule has 0 spiro atoms. The summed E-state index contributed by atoms with van der Waals surface area (Å²) in [7, 11) is 2.14. The molecule has 5 heteroatoms. The maximum Gasteiger partial charge on any atom is 0.258 e. The van der Waals surface area contributed by atoms with Crippen molar-refractivity contribution < 1.29 is 0 Å². The first-order chi connectivity index (χ1) is 13.1. The third kappa shape index (κ3) is 3.74. The number of hydrogen-bond donors (Lipinski definition) is 0. The van der Waals surface area contributed by atoms with Crippen LogP contribution in [0.15, 0.2) is 59.4 Å². The van der Waals surface area contributed by atoms with Gasteiger partial charge in [-0.2, -0.15) is 0 Å². The van der Waals surface area contributed by atoms with Gasteiger partial charge in [0, 0.05) is 43.1 Å². The summed E-state index contributed by atoms with van der Waals surface area (Å²) in [4.78, 5) is 22.0. The lowest BCUT2D eigenvalue weighted by molar-refractivity contribution is 0.198. The van der Waals surface area contributed by atoms with Crippen LogP contribution in [-0.2, 0) is 6.54 Å². The summed E-state index contributed by atoms with van der Waals surface area (Å²) in [5, 5.41) is 0. The van der Waals surface area contributed by atoms with Crippen LogP contribution in [0.2, 0.25) is 0 Å². The van der Waals surface area contributed by atoms with Crippen molar-refractivity contribution in [3.05, 3.63) is 76.3 Å². The van der Waals surface area contributed by atoms with Crippen LogP contribution in [0.5, 0.6) is 0 Å². The van der Waals surface area contributed by atoms with Crippen molar-refractivity contribution >= 4 is 11.3 Å². The summed E-state index contributed by atoms with van der Waals surface area (Å²) >= 11 is 0. The van der Waals surface area contributed by atoms with E-state index >= 15 is 0 Å². The third-order valence-corrected chi connectivity index (χ3v) is 5.55. The Morgan fingerprint density at radius 3 is 2.56 bits per heavy atom. The first-order valence-corrected chi connectivity index (χ1v) is 9.60. The maximum absolute atomic E-state index is 12.5. The number of pyridine rings is 1. The van der Waals surface area contributed by atoms with Crippen LogP contribution in [0.25, 0.3) is 5.65 Å². The second-order valence-electron chi connectivity index (χ2n) is 7.42. The van der Waals surface area contributed by atoms with Crippen LogP contribution < -0.4 is 10.5 Å². The van der Waals surface area contributed by atoms with Crippen LogP contribution in [0.3, 0.4) is 0 Å². The fraction of sp³-hybridized carbons (Fsp3) is 0.364. The minimum atomic E-state index is 0.000368. The lowest BCUT2D eigenvalue weighted by Crippen LogP contribution is -2.43. The molecule has 0 aliphatic carbocycles. The smallest absolute Gasteiger partial charge is 0.258 e. The summed E-state index contributed by atoms with van der Waals surface area (Å²) < 4.78 is 1.67. The molecule has 1 aliphatic heterocycles. The van der Waals surface area contributed by atoms with E-state index in [4.69, 9.17) is 4.98 Å². The van der Waals surface area contributed by atoms with Gasteiger partial charge >= 0.3 is 0 Å². The van der Waals surface area contributed by atoms with Gasteiger partial charge in [0.1, 0.15) is 5.65 Å². The zero-order valence-electron chi connectivity index (χ0n) is 16.0. The molecule has 2 aromatic heterocycles. The number of hydrogen-bond acceptors (Lipinski definition) is 4. The average Bonchev–Trinajstić information content (AvgIpc) is 2.68. The van der Waals surface area contributed by atoms with E-state index in [0.29, 0.717) is 12.6 Å². The number of anilines is 1. The van der Waals surface area contributed by atoms with E-state index in [0.717, 1.165) is 43.0 Å². The number of aromatic nitrogens is 2. The molecule has 1 fully saturated rings. The summed E-state index contributed by atoms with van der Waals surface area (Å²) in [5.74, 6) is 0. The molecule has 3 heterocycles. The maximum atomic E-state index is 12.5. The number of benzene rings is 1. The standard InChI is InChI=1S/C22H26N4O/c1-17-7-6-10-21-23-18(15-22(27)26(17)21)16-24(2)19-11-13-25(14-12-19)20-8-4-3-5-9-20/h3-10,15,19H,11-14,16H2,1-2H3. The fourth-order valence-electron chi connectivity index (χ4n) is 4.03. The zero-order chi connectivity index (χ0) is 18.8. The highest BCUT2D eigenvalue weighted by Crippen LogP contribution is 2.22. The predicted octanol–water partition coefficient (Wildman–Crippen LogP) is 3.10. The topological polar surface area (TPSA) is 40.9 Å². The van der Waals surface area contributed by atoms with Crippen molar-refractivity contribution in [1.82, 2.24) is 14.3 Å². The minimum absolute atomic E-state index is 0.000368. The van der Waals surface area contributed by atoms with Gasteiger partial charge in [-0.05, 0) is 51.1 Å². The molecule has 140 valence electrons. The molecule has 0 radical (unpaired) electrons. The first kappa shape index (κ1) is 17.7. The van der Waals surface area contributed by atoms with Crippen LogP contribution in [0.1, 0.15) is 24.2 Å². The van der Waals surface area contributed by atoms with Crippen LogP contribution >= 0.6 is 0 Å².